The van der Waals surface area contributed by atoms with Crippen molar-refractivity contribution in [3.63, 3.8) is 0 Å². The average molecular weight is 224 g/mol. The Morgan fingerprint density at radius 1 is 1.12 bits per heavy atom. The van der Waals surface area contributed by atoms with E-state index in [1.165, 1.54) is 22.3 Å². The van der Waals surface area contributed by atoms with E-state index in [-0.39, 0.29) is 0 Å². The molecular weight excluding hydrogens is 208 g/mol. The van der Waals surface area contributed by atoms with Gasteiger partial charge >= 0.3 is 0 Å². The van der Waals surface area contributed by atoms with Crippen molar-refractivity contribution in [2.24, 2.45) is 0 Å². The van der Waals surface area contributed by atoms with Gasteiger partial charge in [0.15, 0.2) is 0 Å². The number of hydrogen-bond donors (Lipinski definition) is 0. The molecule has 0 N–H and O–H groups in total. The van der Waals surface area contributed by atoms with Crippen LogP contribution in [0.15, 0.2) is 36.5 Å². The van der Waals surface area contributed by atoms with Gasteiger partial charge in [0.2, 0.25) is 0 Å². The van der Waals surface area contributed by atoms with Gasteiger partial charge in [-0.25, -0.2) is 4.98 Å². The Labute approximate surface area is 101 Å². The molecule has 0 unspecified atom stereocenters. The van der Waals surface area contributed by atoms with Crippen LogP contribution >= 0.6 is 0 Å². The highest BCUT2D eigenvalue weighted by Crippen LogP contribution is 2.25. The molecule has 0 fully saturated rings. The van der Waals surface area contributed by atoms with E-state index in [4.69, 9.17) is 4.98 Å². The molecule has 0 aliphatic heterocycles. The molecule has 2 heterocycles. The van der Waals surface area contributed by atoms with Crippen molar-refractivity contribution in [3.05, 3.63) is 47.8 Å². The maximum atomic E-state index is 4.82. The van der Waals surface area contributed by atoms with Crippen molar-refractivity contribution in [1.82, 2.24) is 9.38 Å². The first-order chi connectivity index (χ1) is 8.18. The second kappa shape index (κ2) is 3.59. The van der Waals surface area contributed by atoms with Crippen LogP contribution in [0.25, 0.3) is 16.6 Å². The Hall–Kier alpha value is -1.83. The lowest BCUT2D eigenvalue weighted by molar-refractivity contribution is 0.832. The van der Waals surface area contributed by atoms with Crippen molar-refractivity contribution in [1.29, 1.82) is 0 Å². The van der Waals surface area contributed by atoms with Gasteiger partial charge in [-0.1, -0.05) is 26.0 Å². The zero-order chi connectivity index (χ0) is 12.0. The molecule has 2 heteroatoms. The summed E-state index contributed by atoms with van der Waals surface area (Å²) in [6.45, 7) is 6.52. The van der Waals surface area contributed by atoms with Crippen LogP contribution in [0.5, 0.6) is 0 Å². The maximum Gasteiger partial charge on any atom is 0.0877 e. The van der Waals surface area contributed by atoms with E-state index >= 15 is 0 Å². The second-order valence-electron chi connectivity index (χ2n) is 4.86. The number of nitrogens with zero attached hydrogens (tertiary/aromatic N) is 2. The van der Waals surface area contributed by atoms with Crippen molar-refractivity contribution < 1.29 is 0 Å². The fraction of sp³-hybridized carbons (Fsp3) is 0.267. The molecular formula is C15H16N2. The predicted molar refractivity (Wildman–Crippen MR) is 71.5 cm³/mol. The molecule has 0 spiro atoms. The molecule has 0 saturated carbocycles. The SMILES string of the molecule is Cc1cccc2nc(C(C)C)c3cccn3c12. The number of para-hydroxylation sites is 1. The molecule has 1 aromatic carbocycles. The highest BCUT2D eigenvalue weighted by atomic mass is 14.9. The number of fused-ring (bicyclic) bond motifs is 3. The zero-order valence-electron chi connectivity index (χ0n) is 10.4. The first-order valence-electron chi connectivity index (χ1n) is 6.05. The Bertz CT molecular complexity index is 693. The Kier molecular flexibility index (Phi) is 2.18. The van der Waals surface area contributed by atoms with Crippen LogP contribution in [0.1, 0.15) is 31.0 Å². The minimum Gasteiger partial charge on any atom is -0.313 e. The molecule has 3 aromatic rings. The van der Waals surface area contributed by atoms with Crippen molar-refractivity contribution in [2.45, 2.75) is 26.7 Å². The van der Waals surface area contributed by atoms with E-state index in [0.717, 1.165) is 5.52 Å². The fourth-order valence-corrected chi connectivity index (χ4v) is 2.44. The number of aromatic nitrogens is 2. The number of rotatable bonds is 1. The summed E-state index contributed by atoms with van der Waals surface area (Å²) in [5, 5.41) is 0. The number of aryl methyl sites for hydroxylation is 1. The van der Waals surface area contributed by atoms with Crippen LogP contribution < -0.4 is 0 Å². The van der Waals surface area contributed by atoms with E-state index in [1.807, 2.05) is 0 Å². The standard InChI is InChI=1S/C15H16N2/c1-10(2)14-13-8-5-9-17(13)15-11(3)6-4-7-12(15)16-14/h4-10H,1-3H3. The van der Waals surface area contributed by atoms with Crippen LogP contribution in [0.2, 0.25) is 0 Å². The average Bonchev–Trinajstić information content (AvgIpc) is 2.76. The summed E-state index contributed by atoms with van der Waals surface area (Å²) in [6, 6.07) is 10.5. The summed E-state index contributed by atoms with van der Waals surface area (Å²) in [5.74, 6) is 0.442. The molecule has 0 saturated heterocycles. The van der Waals surface area contributed by atoms with Crippen LogP contribution in [-0.4, -0.2) is 9.38 Å². The minimum absolute atomic E-state index is 0.442. The molecule has 0 amide bonds. The van der Waals surface area contributed by atoms with Gasteiger partial charge in [0.1, 0.15) is 0 Å². The van der Waals surface area contributed by atoms with E-state index in [0.29, 0.717) is 5.92 Å². The first kappa shape index (κ1) is 10.3. The van der Waals surface area contributed by atoms with Crippen LogP contribution in [-0.2, 0) is 0 Å². The van der Waals surface area contributed by atoms with Gasteiger partial charge in [-0.05, 0) is 36.6 Å². The summed E-state index contributed by atoms with van der Waals surface area (Å²) in [5.41, 5.74) is 5.97. The third-order valence-electron chi connectivity index (χ3n) is 3.26. The summed E-state index contributed by atoms with van der Waals surface area (Å²) < 4.78 is 2.26. The molecule has 0 bridgehead atoms. The normalized spacial score (nSPS) is 11.8. The number of benzene rings is 1. The molecule has 2 nitrogen and oxygen atoms in total. The topological polar surface area (TPSA) is 17.3 Å². The van der Waals surface area contributed by atoms with Crippen LogP contribution in [0, 0.1) is 6.92 Å². The molecule has 2 aromatic heterocycles. The first-order valence-corrected chi connectivity index (χ1v) is 6.05. The van der Waals surface area contributed by atoms with Gasteiger partial charge in [0, 0.05) is 6.20 Å². The molecule has 86 valence electrons. The predicted octanol–water partition coefficient (Wildman–Crippen LogP) is 3.92. The second-order valence-corrected chi connectivity index (χ2v) is 4.86. The monoisotopic (exact) mass is 224 g/mol. The van der Waals surface area contributed by atoms with E-state index in [1.54, 1.807) is 0 Å². The van der Waals surface area contributed by atoms with Gasteiger partial charge in [0.05, 0.1) is 22.2 Å². The summed E-state index contributed by atoms with van der Waals surface area (Å²) in [4.78, 5) is 4.82. The number of hydrogen-bond acceptors (Lipinski definition) is 1. The van der Waals surface area contributed by atoms with Crippen LogP contribution in [0.4, 0.5) is 0 Å². The largest absolute Gasteiger partial charge is 0.313 e. The van der Waals surface area contributed by atoms with E-state index in [9.17, 15) is 0 Å². The molecule has 0 aliphatic rings. The highest BCUT2D eigenvalue weighted by Gasteiger charge is 2.11. The summed E-state index contributed by atoms with van der Waals surface area (Å²) in [7, 11) is 0. The fourth-order valence-electron chi connectivity index (χ4n) is 2.44. The summed E-state index contributed by atoms with van der Waals surface area (Å²) in [6.07, 6.45) is 2.12. The minimum atomic E-state index is 0.442. The molecule has 0 radical (unpaired) electrons. The molecule has 17 heavy (non-hydrogen) atoms. The Morgan fingerprint density at radius 3 is 2.71 bits per heavy atom. The van der Waals surface area contributed by atoms with Crippen molar-refractivity contribution in [3.8, 4) is 0 Å². The van der Waals surface area contributed by atoms with E-state index < -0.39 is 0 Å². The lowest BCUT2D eigenvalue weighted by atomic mass is 10.1. The lowest BCUT2D eigenvalue weighted by Crippen LogP contribution is -2.00. The smallest absolute Gasteiger partial charge is 0.0877 e. The van der Waals surface area contributed by atoms with Gasteiger partial charge in [-0.3, -0.25) is 0 Å². The Balaban J connectivity index is 2.56. The Morgan fingerprint density at radius 2 is 1.94 bits per heavy atom. The maximum absolute atomic E-state index is 4.82. The zero-order valence-corrected chi connectivity index (χ0v) is 10.4. The molecule has 0 atom stereocenters. The summed E-state index contributed by atoms with van der Waals surface area (Å²) >= 11 is 0. The lowest BCUT2D eigenvalue weighted by Gasteiger charge is -2.12. The quantitative estimate of drug-likeness (QED) is 0.612. The third kappa shape index (κ3) is 1.44. The highest BCUT2D eigenvalue weighted by molar-refractivity contribution is 5.82. The van der Waals surface area contributed by atoms with Gasteiger partial charge in [-0.15, -0.1) is 0 Å². The van der Waals surface area contributed by atoms with E-state index in [2.05, 4.69) is 61.7 Å². The van der Waals surface area contributed by atoms with Gasteiger partial charge in [0.25, 0.3) is 0 Å². The third-order valence-corrected chi connectivity index (χ3v) is 3.26. The van der Waals surface area contributed by atoms with Crippen molar-refractivity contribution in [2.75, 3.05) is 0 Å². The van der Waals surface area contributed by atoms with Gasteiger partial charge < -0.3 is 4.40 Å². The van der Waals surface area contributed by atoms with Crippen LogP contribution in [0.3, 0.4) is 0 Å². The van der Waals surface area contributed by atoms with Gasteiger partial charge in [-0.2, -0.15) is 0 Å². The van der Waals surface area contributed by atoms with Crippen molar-refractivity contribution >= 4 is 16.6 Å². The molecule has 3 rings (SSSR count). The molecule has 0 aliphatic carbocycles.